The molecule has 0 aliphatic heterocycles. The number of rotatable bonds is 6. The standard InChI is InChI=1S/C46H31NS/c1-4-13-32(14-5-1)34-23-27-38(28-24-34)47(39-29-25-35(26-30-39)33-15-6-2-7-16-33)43-22-12-21-41-44-42(36-17-8-3-9-18-36)31-37-19-10-11-20-40(37)46(44)48-45(41)43/h1-31H. The maximum absolute atomic E-state index is 2.42. The van der Waals surface area contributed by atoms with Crippen LogP contribution in [0.1, 0.15) is 0 Å². The van der Waals surface area contributed by atoms with Crippen LogP contribution in [0.2, 0.25) is 0 Å². The van der Waals surface area contributed by atoms with Gasteiger partial charge >= 0.3 is 0 Å². The van der Waals surface area contributed by atoms with Crippen LogP contribution in [0.5, 0.6) is 0 Å². The molecule has 0 amide bonds. The van der Waals surface area contributed by atoms with Crippen molar-refractivity contribution in [2.45, 2.75) is 0 Å². The molecule has 0 aliphatic rings. The molecule has 1 nitrogen and oxygen atoms in total. The fourth-order valence-electron chi connectivity index (χ4n) is 6.93. The van der Waals surface area contributed by atoms with E-state index in [0.717, 1.165) is 11.4 Å². The van der Waals surface area contributed by atoms with Crippen molar-refractivity contribution in [1.29, 1.82) is 0 Å². The Morgan fingerprint density at radius 2 is 0.833 bits per heavy atom. The van der Waals surface area contributed by atoms with E-state index >= 15 is 0 Å². The van der Waals surface area contributed by atoms with E-state index in [2.05, 4.69) is 193 Å². The Labute approximate surface area is 284 Å². The molecule has 1 heterocycles. The van der Waals surface area contributed by atoms with Crippen LogP contribution in [-0.4, -0.2) is 0 Å². The first-order chi connectivity index (χ1) is 23.8. The average molecular weight is 630 g/mol. The van der Waals surface area contributed by atoms with Crippen LogP contribution in [0.4, 0.5) is 17.1 Å². The van der Waals surface area contributed by atoms with Crippen molar-refractivity contribution < 1.29 is 0 Å². The minimum atomic E-state index is 1.13. The second-order valence-electron chi connectivity index (χ2n) is 12.1. The maximum Gasteiger partial charge on any atom is 0.0640 e. The highest BCUT2D eigenvalue weighted by Gasteiger charge is 2.21. The zero-order chi connectivity index (χ0) is 31.9. The number of hydrogen-bond donors (Lipinski definition) is 0. The Balaban J connectivity index is 1.28. The molecular weight excluding hydrogens is 599 g/mol. The van der Waals surface area contributed by atoms with E-state index in [4.69, 9.17) is 0 Å². The summed E-state index contributed by atoms with van der Waals surface area (Å²) >= 11 is 1.90. The summed E-state index contributed by atoms with van der Waals surface area (Å²) in [5, 5.41) is 5.16. The summed E-state index contributed by atoms with van der Waals surface area (Å²) in [4.78, 5) is 2.42. The van der Waals surface area contributed by atoms with Crippen LogP contribution in [0.3, 0.4) is 0 Å². The van der Waals surface area contributed by atoms with Gasteiger partial charge in [0, 0.05) is 26.8 Å². The molecule has 0 unspecified atom stereocenters. The molecule has 0 aliphatic carbocycles. The van der Waals surface area contributed by atoms with Gasteiger partial charge in [-0.05, 0) is 80.6 Å². The topological polar surface area (TPSA) is 3.24 Å². The van der Waals surface area contributed by atoms with E-state index in [9.17, 15) is 0 Å². The minimum absolute atomic E-state index is 1.13. The molecule has 0 fully saturated rings. The normalized spacial score (nSPS) is 11.3. The van der Waals surface area contributed by atoms with Gasteiger partial charge in [0.05, 0.1) is 10.4 Å². The fourth-order valence-corrected chi connectivity index (χ4v) is 8.30. The molecule has 9 aromatic rings. The first-order valence-electron chi connectivity index (χ1n) is 16.4. The van der Waals surface area contributed by atoms with Gasteiger partial charge in [0.15, 0.2) is 0 Å². The highest BCUT2D eigenvalue weighted by Crippen LogP contribution is 2.49. The Morgan fingerprint density at radius 3 is 1.42 bits per heavy atom. The number of hydrogen-bond acceptors (Lipinski definition) is 2. The van der Waals surface area contributed by atoms with E-state index in [1.54, 1.807) is 0 Å². The highest BCUT2D eigenvalue weighted by atomic mass is 32.1. The second-order valence-corrected chi connectivity index (χ2v) is 13.2. The van der Waals surface area contributed by atoms with Gasteiger partial charge in [-0.2, -0.15) is 0 Å². The summed E-state index contributed by atoms with van der Waals surface area (Å²) in [5.74, 6) is 0. The van der Waals surface area contributed by atoms with E-state index in [1.807, 2.05) is 11.3 Å². The number of fused-ring (bicyclic) bond motifs is 5. The minimum Gasteiger partial charge on any atom is -0.309 e. The summed E-state index contributed by atoms with van der Waals surface area (Å²) in [7, 11) is 0. The third-order valence-electron chi connectivity index (χ3n) is 9.26. The summed E-state index contributed by atoms with van der Waals surface area (Å²) in [6.45, 7) is 0. The maximum atomic E-state index is 2.42. The molecule has 1 aromatic heterocycles. The van der Waals surface area contributed by atoms with E-state index < -0.39 is 0 Å². The highest BCUT2D eigenvalue weighted by molar-refractivity contribution is 7.27. The predicted molar refractivity (Wildman–Crippen MR) is 208 cm³/mol. The molecular formula is C46H31NS. The zero-order valence-corrected chi connectivity index (χ0v) is 27.1. The molecule has 8 aromatic carbocycles. The van der Waals surface area contributed by atoms with Crippen molar-refractivity contribution in [2.75, 3.05) is 4.90 Å². The SMILES string of the molecule is c1ccc(-c2ccc(N(c3ccc(-c4ccccc4)cc3)c3cccc4c3sc3c5ccccc5cc(-c5ccccc5)c43)cc2)cc1. The molecule has 0 spiro atoms. The van der Waals surface area contributed by atoms with Crippen LogP contribution in [0.25, 0.3) is 64.3 Å². The Morgan fingerprint density at radius 1 is 0.354 bits per heavy atom. The summed E-state index contributed by atoms with van der Waals surface area (Å²) in [6, 6.07) is 67.9. The van der Waals surface area contributed by atoms with Crippen LogP contribution in [0, 0.1) is 0 Å². The van der Waals surface area contributed by atoms with E-state index in [0.29, 0.717) is 0 Å². The summed E-state index contributed by atoms with van der Waals surface area (Å²) < 4.78 is 2.61. The Hall–Kier alpha value is -5.96. The molecule has 0 atom stereocenters. The van der Waals surface area contributed by atoms with Gasteiger partial charge < -0.3 is 4.90 Å². The summed E-state index contributed by atoms with van der Waals surface area (Å²) in [6.07, 6.45) is 0. The largest absolute Gasteiger partial charge is 0.309 e. The lowest BCUT2D eigenvalue weighted by Gasteiger charge is -2.26. The van der Waals surface area contributed by atoms with Crippen molar-refractivity contribution in [2.24, 2.45) is 0 Å². The first kappa shape index (κ1) is 28.3. The van der Waals surface area contributed by atoms with Gasteiger partial charge in [0.2, 0.25) is 0 Å². The van der Waals surface area contributed by atoms with Gasteiger partial charge in [-0.1, -0.05) is 152 Å². The molecule has 0 saturated carbocycles. The van der Waals surface area contributed by atoms with Crippen LogP contribution in [0.15, 0.2) is 188 Å². The Bertz CT molecular complexity index is 2430. The Kier molecular flexibility index (Phi) is 7.07. The lowest BCUT2D eigenvalue weighted by atomic mass is 9.95. The molecule has 226 valence electrons. The third kappa shape index (κ3) is 4.95. The monoisotopic (exact) mass is 629 g/mol. The van der Waals surface area contributed by atoms with Crippen LogP contribution < -0.4 is 4.90 Å². The molecule has 0 radical (unpaired) electrons. The molecule has 0 bridgehead atoms. The van der Waals surface area contributed by atoms with Gasteiger partial charge in [0.25, 0.3) is 0 Å². The van der Waals surface area contributed by atoms with Gasteiger partial charge in [-0.15, -0.1) is 11.3 Å². The van der Waals surface area contributed by atoms with Crippen molar-refractivity contribution in [3.05, 3.63) is 188 Å². The lowest BCUT2D eigenvalue weighted by molar-refractivity contribution is 1.30. The first-order valence-corrected chi connectivity index (χ1v) is 17.2. The van der Waals surface area contributed by atoms with Gasteiger partial charge in [-0.3, -0.25) is 0 Å². The smallest absolute Gasteiger partial charge is 0.0640 e. The number of benzene rings is 8. The van der Waals surface area contributed by atoms with Crippen molar-refractivity contribution in [3.63, 3.8) is 0 Å². The number of thiophene rings is 1. The molecule has 0 N–H and O–H groups in total. The van der Waals surface area contributed by atoms with Crippen molar-refractivity contribution in [3.8, 4) is 33.4 Å². The predicted octanol–water partition coefficient (Wildman–Crippen LogP) is 13.7. The molecule has 2 heteroatoms. The quantitative estimate of drug-likeness (QED) is 0.177. The van der Waals surface area contributed by atoms with Crippen LogP contribution in [-0.2, 0) is 0 Å². The molecule has 48 heavy (non-hydrogen) atoms. The van der Waals surface area contributed by atoms with Crippen molar-refractivity contribution >= 4 is 59.3 Å². The second kappa shape index (κ2) is 12.0. The average Bonchev–Trinajstić information content (AvgIpc) is 3.57. The van der Waals surface area contributed by atoms with Gasteiger partial charge in [-0.25, -0.2) is 0 Å². The molecule has 0 saturated heterocycles. The fraction of sp³-hybridized carbons (Fsp3) is 0. The summed E-state index contributed by atoms with van der Waals surface area (Å²) in [5.41, 5.74) is 10.8. The van der Waals surface area contributed by atoms with E-state index in [1.165, 1.54) is 70.0 Å². The molecule has 9 rings (SSSR count). The lowest BCUT2D eigenvalue weighted by Crippen LogP contribution is -2.10. The van der Waals surface area contributed by atoms with Crippen LogP contribution >= 0.6 is 11.3 Å². The van der Waals surface area contributed by atoms with E-state index in [-0.39, 0.29) is 0 Å². The number of anilines is 3. The number of nitrogens with zero attached hydrogens (tertiary/aromatic N) is 1. The van der Waals surface area contributed by atoms with Gasteiger partial charge in [0.1, 0.15) is 0 Å². The zero-order valence-electron chi connectivity index (χ0n) is 26.3. The van der Waals surface area contributed by atoms with Crippen molar-refractivity contribution in [1.82, 2.24) is 0 Å². The third-order valence-corrected chi connectivity index (χ3v) is 10.5.